The molecule has 0 spiro atoms. The molecule has 1 heterocycles. The highest BCUT2D eigenvalue weighted by Crippen LogP contribution is 2.36. The fourth-order valence-electron chi connectivity index (χ4n) is 3.84. The summed E-state index contributed by atoms with van der Waals surface area (Å²) in [4.78, 5) is 40.4. The molecule has 2 aromatic carbocycles. The van der Waals surface area contributed by atoms with E-state index < -0.39 is 15.8 Å². The molecule has 1 fully saturated rings. The average Bonchev–Trinajstić information content (AvgIpc) is 3.03. The van der Waals surface area contributed by atoms with Crippen LogP contribution in [0, 0.1) is 20.2 Å². The predicted octanol–water partition coefficient (Wildman–Crippen LogP) is 3.58. The number of nitrogens with zero attached hydrogens (tertiary/aromatic N) is 5. The van der Waals surface area contributed by atoms with Crippen molar-refractivity contribution in [1.29, 1.82) is 0 Å². The molecule has 1 aliphatic heterocycles. The Kier molecular flexibility index (Phi) is 7.22. The number of amides is 1. The number of carbonyl (C=O) groups excluding carboxylic acids is 1. The van der Waals surface area contributed by atoms with Gasteiger partial charge in [0, 0.05) is 63.5 Å². The Bertz CT molecular complexity index is 1090. The minimum atomic E-state index is -0.532. The molecule has 0 bridgehead atoms. The molecule has 0 radical (unpaired) electrons. The van der Waals surface area contributed by atoms with Crippen molar-refractivity contribution in [2.45, 2.75) is 6.42 Å². The highest BCUT2D eigenvalue weighted by Gasteiger charge is 2.29. The van der Waals surface area contributed by atoms with Crippen molar-refractivity contribution in [1.82, 2.24) is 4.90 Å². The van der Waals surface area contributed by atoms with Gasteiger partial charge in [0.1, 0.15) is 17.1 Å². The number of anilines is 2. The molecular formula is C21H24ClN5O6. The summed E-state index contributed by atoms with van der Waals surface area (Å²) in [5, 5.41) is 23.3. The summed E-state index contributed by atoms with van der Waals surface area (Å²) < 4.78 is 5.36. The van der Waals surface area contributed by atoms with E-state index in [1.807, 2.05) is 4.90 Å². The first-order valence-corrected chi connectivity index (χ1v) is 10.5. The predicted molar refractivity (Wildman–Crippen MR) is 125 cm³/mol. The Hall–Kier alpha value is -3.60. The van der Waals surface area contributed by atoms with Gasteiger partial charge in [-0.2, -0.15) is 0 Å². The van der Waals surface area contributed by atoms with Gasteiger partial charge in [-0.25, -0.2) is 0 Å². The van der Waals surface area contributed by atoms with Crippen LogP contribution in [0.3, 0.4) is 0 Å². The van der Waals surface area contributed by atoms with Crippen LogP contribution in [0.4, 0.5) is 22.7 Å². The number of benzene rings is 2. The Morgan fingerprint density at radius 2 is 1.73 bits per heavy atom. The number of rotatable bonds is 6. The van der Waals surface area contributed by atoms with Crippen LogP contribution in [0.25, 0.3) is 0 Å². The van der Waals surface area contributed by atoms with Crippen molar-refractivity contribution in [2.24, 2.45) is 0 Å². The number of hydrogen-bond donors (Lipinski definition) is 0. The van der Waals surface area contributed by atoms with Crippen molar-refractivity contribution < 1.29 is 19.4 Å². The summed E-state index contributed by atoms with van der Waals surface area (Å²) >= 11 is 5.92. The van der Waals surface area contributed by atoms with Gasteiger partial charge in [-0.1, -0.05) is 11.6 Å². The molecule has 0 atom stereocenters. The smallest absolute Gasteiger partial charge is 0.294 e. The second kappa shape index (κ2) is 9.90. The van der Waals surface area contributed by atoms with Crippen LogP contribution in [0.5, 0.6) is 5.75 Å². The van der Waals surface area contributed by atoms with Crippen LogP contribution < -0.4 is 14.5 Å². The van der Waals surface area contributed by atoms with E-state index in [2.05, 4.69) is 0 Å². The van der Waals surface area contributed by atoms with E-state index in [0.29, 0.717) is 37.4 Å². The maximum absolute atomic E-state index is 13.3. The van der Waals surface area contributed by atoms with Gasteiger partial charge in [0.25, 0.3) is 17.3 Å². The van der Waals surface area contributed by atoms with Crippen LogP contribution in [0.15, 0.2) is 30.3 Å². The Morgan fingerprint density at radius 3 is 2.33 bits per heavy atom. The summed E-state index contributed by atoms with van der Waals surface area (Å²) in [5.74, 6) is -0.156. The summed E-state index contributed by atoms with van der Waals surface area (Å²) in [6, 6.07) is 7.22. The second-order valence-corrected chi connectivity index (χ2v) is 8.15. The van der Waals surface area contributed by atoms with Crippen LogP contribution in [-0.4, -0.2) is 68.0 Å². The molecule has 3 rings (SSSR count). The van der Waals surface area contributed by atoms with E-state index in [9.17, 15) is 25.0 Å². The highest BCUT2D eigenvalue weighted by atomic mass is 35.5. The number of halogens is 1. The van der Waals surface area contributed by atoms with E-state index in [4.69, 9.17) is 16.3 Å². The molecule has 1 saturated heterocycles. The van der Waals surface area contributed by atoms with E-state index in [-0.39, 0.29) is 34.3 Å². The van der Waals surface area contributed by atoms with E-state index >= 15 is 0 Å². The largest absolute Gasteiger partial charge is 0.496 e. The molecule has 0 N–H and O–H groups in total. The molecule has 0 saturated carbocycles. The summed E-state index contributed by atoms with van der Waals surface area (Å²) in [6.45, 7) is 1.53. The summed E-state index contributed by atoms with van der Waals surface area (Å²) in [7, 11) is 4.74. The van der Waals surface area contributed by atoms with Crippen LogP contribution >= 0.6 is 11.6 Å². The van der Waals surface area contributed by atoms with Gasteiger partial charge in [0.2, 0.25) is 0 Å². The maximum Gasteiger partial charge on any atom is 0.294 e. The molecule has 176 valence electrons. The zero-order chi connectivity index (χ0) is 24.3. The number of methoxy groups -OCH3 is 1. The third-order valence-electron chi connectivity index (χ3n) is 5.46. The van der Waals surface area contributed by atoms with E-state index in [1.165, 1.54) is 25.3 Å². The first-order chi connectivity index (χ1) is 15.6. The van der Waals surface area contributed by atoms with Gasteiger partial charge in [-0.15, -0.1) is 0 Å². The minimum Gasteiger partial charge on any atom is -0.496 e. The molecule has 0 aromatic heterocycles. The quantitative estimate of drug-likeness (QED) is 0.457. The summed E-state index contributed by atoms with van der Waals surface area (Å²) in [5.41, 5.74) is 0.560. The molecular weight excluding hydrogens is 454 g/mol. The zero-order valence-electron chi connectivity index (χ0n) is 18.5. The molecule has 0 unspecified atom stereocenters. The van der Waals surface area contributed by atoms with Crippen molar-refractivity contribution >= 4 is 40.3 Å². The van der Waals surface area contributed by atoms with Crippen molar-refractivity contribution in [3.8, 4) is 5.75 Å². The van der Waals surface area contributed by atoms with Gasteiger partial charge in [0.05, 0.1) is 22.5 Å². The Morgan fingerprint density at radius 1 is 1.03 bits per heavy atom. The molecule has 0 aliphatic carbocycles. The lowest BCUT2D eigenvalue weighted by molar-refractivity contribution is -0.384. The highest BCUT2D eigenvalue weighted by molar-refractivity contribution is 6.30. The van der Waals surface area contributed by atoms with Gasteiger partial charge < -0.3 is 19.4 Å². The lowest BCUT2D eigenvalue weighted by Gasteiger charge is -2.24. The van der Waals surface area contributed by atoms with E-state index in [0.717, 1.165) is 0 Å². The Labute approximate surface area is 195 Å². The number of carbonyl (C=O) groups is 1. The summed E-state index contributed by atoms with van der Waals surface area (Å²) in [6.07, 6.45) is 0.561. The van der Waals surface area contributed by atoms with Crippen LogP contribution in [0.1, 0.15) is 16.8 Å². The normalized spacial score (nSPS) is 13.9. The van der Waals surface area contributed by atoms with Crippen LogP contribution in [0.2, 0.25) is 5.02 Å². The number of ether oxygens (including phenoxy) is 1. The molecule has 2 aromatic rings. The number of hydrogen-bond acceptors (Lipinski definition) is 8. The number of nitro groups is 2. The van der Waals surface area contributed by atoms with E-state index in [1.54, 1.807) is 36.0 Å². The monoisotopic (exact) mass is 477 g/mol. The lowest BCUT2D eigenvalue weighted by atomic mass is 10.1. The minimum absolute atomic E-state index is 0.0979. The first kappa shape index (κ1) is 24.1. The number of nitro benzene ring substituents is 2. The average molecular weight is 478 g/mol. The first-order valence-electron chi connectivity index (χ1n) is 10.2. The maximum atomic E-state index is 13.3. The molecule has 12 heteroatoms. The van der Waals surface area contributed by atoms with Gasteiger partial charge in [-0.3, -0.25) is 25.0 Å². The fraction of sp³-hybridized carbons (Fsp3) is 0.381. The topological polar surface area (TPSA) is 122 Å². The lowest BCUT2D eigenvalue weighted by Crippen LogP contribution is -2.35. The third kappa shape index (κ3) is 5.08. The van der Waals surface area contributed by atoms with Crippen molar-refractivity contribution in [2.75, 3.05) is 57.2 Å². The SMILES string of the molecule is COc1cc(N(C)C)c([N+](=O)[O-])cc1C(=O)N1CCCN(c2ccc(Cl)cc2[N+](=O)[O-])CC1. The van der Waals surface area contributed by atoms with Crippen molar-refractivity contribution in [3.63, 3.8) is 0 Å². The molecule has 33 heavy (non-hydrogen) atoms. The van der Waals surface area contributed by atoms with Crippen LogP contribution in [-0.2, 0) is 0 Å². The zero-order valence-corrected chi connectivity index (χ0v) is 19.2. The fourth-order valence-corrected chi connectivity index (χ4v) is 4.01. The second-order valence-electron chi connectivity index (χ2n) is 7.72. The standard InChI is InChI=1S/C21H24ClN5O6/c1-23(2)17-13-20(33-3)15(12-19(17)27(31)32)21(28)25-8-4-7-24(9-10-25)16-6-5-14(22)11-18(16)26(29)30/h5-6,11-13H,4,7-10H2,1-3H3. The molecule has 11 nitrogen and oxygen atoms in total. The third-order valence-corrected chi connectivity index (χ3v) is 5.70. The Balaban J connectivity index is 1.88. The van der Waals surface area contributed by atoms with Gasteiger partial charge in [0.15, 0.2) is 0 Å². The van der Waals surface area contributed by atoms with Gasteiger partial charge in [-0.05, 0) is 18.6 Å². The van der Waals surface area contributed by atoms with Gasteiger partial charge >= 0.3 is 0 Å². The molecule has 1 aliphatic rings. The van der Waals surface area contributed by atoms with Crippen molar-refractivity contribution in [3.05, 3.63) is 61.1 Å². The molecule has 1 amide bonds.